The molecule has 0 radical (unpaired) electrons. The molecule has 0 unspecified atom stereocenters. The monoisotopic (exact) mass is 223 g/mol. The molecule has 1 atom stereocenters. The predicted molar refractivity (Wildman–Crippen MR) is 62.9 cm³/mol. The van der Waals surface area contributed by atoms with Crippen molar-refractivity contribution in [2.45, 2.75) is 13.0 Å². The van der Waals surface area contributed by atoms with Crippen molar-refractivity contribution in [3.05, 3.63) is 35.9 Å². The van der Waals surface area contributed by atoms with E-state index < -0.39 is 0 Å². The molecule has 0 aliphatic heterocycles. The number of rotatable bonds is 4. The molecule has 1 rings (SSSR count). The molecule has 5 heteroatoms. The second-order valence-corrected chi connectivity index (χ2v) is 3.40. The Balaban J connectivity index is 2.45. The SMILES string of the molecule is C[C@H](NC(=S)NNC=O)c1ccccc1. The Kier molecular flexibility index (Phi) is 4.56. The molecule has 0 bridgehead atoms. The summed E-state index contributed by atoms with van der Waals surface area (Å²) in [6, 6.07) is 10.0. The van der Waals surface area contributed by atoms with Crippen molar-refractivity contribution >= 4 is 23.7 Å². The lowest BCUT2D eigenvalue weighted by atomic mass is 10.1. The number of hydrogen-bond acceptors (Lipinski definition) is 2. The molecule has 0 aliphatic rings. The molecule has 4 nitrogen and oxygen atoms in total. The van der Waals surface area contributed by atoms with Gasteiger partial charge in [-0.3, -0.25) is 15.6 Å². The number of benzene rings is 1. The molecular formula is C10H13N3OS. The molecule has 0 spiro atoms. The normalized spacial score (nSPS) is 11.3. The molecule has 3 N–H and O–H groups in total. The number of carbonyl (C=O) groups excluding carboxylic acids is 1. The van der Waals surface area contributed by atoms with E-state index in [0.717, 1.165) is 5.56 Å². The standard InChI is InChI=1S/C10H13N3OS/c1-8(9-5-3-2-4-6-9)12-10(15)13-11-7-14/h2-8H,1H3,(H,11,14)(H2,12,13,15)/t8-/m0/s1. The topological polar surface area (TPSA) is 53.2 Å². The molecule has 0 saturated carbocycles. The highest BCUT2D eigenvalue weighted by Crippen LogP contribution is 2.10. The second-order valence-electron chi connectivity index (χ2n) is 2.99. The number of hydrazine groups is 1. The first kappa shape index (κ1) is 11.5. The molecule has 0 fully saturated rings. The zero-order valence-corrected chi connectivity index (χ0v) is 9.17. The lowest BCUT2D eigenvalue weighted by molar-refractivity contribution is -0.110. The largest absolute Gasteiger partial charge is 0.355 e. The highest BCUT2D eigenvalue weighted by atomic mass is 32.1. The molecule has 1 aromatic carbocycles. The van der Waals surface area contributed by atoms with Crippen molar-refractivity contribution in [3.63, 3.8) is 0 Å². The summed E-state index contributed by atoms with van der Waals surface area (Å²) in [6.07, 6.45) is 0.529. The van der Waals surface area contributed by atoms with E-state index in [0.29, 0.717) is 11.5 Å². The Morgan fingerprint density at radius 2 is 2.07 bits per heavy atom. The Bertz CT molecular complexity index is 329. The molecule has 0 aromatic heterocycles. The molecule has 0 aliphatic carbocycles. The van der Waals surface area contributed by atoms with Gasteiger partial charge in [0.05, 0.1) is 6.04 Å². The van der Waals surface area contributed by atoms with Crippen molar-refractivity contribution < 1.29 is 4.79 Å². The fraction of sp³-hybridized carbons (Fsp3) is 0.200. The second kappa shape index (κ2) is 5.98. The maximum absolute atomic E-state index is 10.0. The number of amides is 1. The molecule has 1 amide bonds. The zero-order valence-electron chi connectivity index (χ0n) is 8.36. The van der Waals surface area contributed by atoms with Gasteiger partial charge in [0, 0.05) is 0 Å². The van der Waals surface area contributed by atoms with Crippen LogP contribution in [0.1, 0.15) is 18.5 Å². The van der Waals surface area contributed by atoms with E-state index in [-0.39, 0.29) is 6.04 Å². The van der Waals surface area contributed by atoms with Crippen LogP contribution in [0.25, 0.3) is 0 Å². The van der Waals surface area contributed by atoms with Crippen LogP contribution in [-0.4, -0.2) is 11.5 Å². The third kappa shape index (κ3) is 3.95. The zero-order chi connectivity index (χ0) is 11.1. The van der Waals surface area contributed by atoms with Crippen LogP contribution in [0.5, 0.6) is 0 Å². The predicted octanol–water partition coefficient (Wildman–Crippen LogP) is 0.873. The average Bonchev–Trinajstić information content (AvgIpc) is 2.27. The van der Waals surface area contributed by atoms with Crippen molar-refractivity contribution in [1.29, 1.82) is 0 Å². The quantitative estimate of drug-likeness (QED) is 0.403. The van der Waals surface area contributed by atoms with Crippen LogP contribution in [0.4, 0.5) is 0 Å². The van der Waals surface area contributed by atoms with Crippen LogP contribution >= 0.6 is 12.2 Å². The summed E-state index contributed by atoms with van der Waals surface area (Å²) >= 11 is 4.95. The van der Waals surface area contributed by atoms with Gasteiger partial charge in [0.15, 0.2) is 5.11 Å². The van der Waals surface area contributed by atoms with Gasteiger partial charge in [-0.2, -0.15) is 0 Å². The summed E-state index contributed by atoms with van der Waals surface area (Å²) in [7, 11) is 0. The van der Waals surface area contributed by atoms with Crippen molar-refractivity contribution in [3.8, 4) is 0 Å². The fourth-order valence-electron chi connectivity index (χ4n) is 1.15. The summed E-state index contributed by atoms with van der Waals surface area (Å²) in [5, 5.41) is 3.42. The maximum atomic E-state index is 10.0. The Hall–Kier alpha value is -1.62. The van der Waals surface area contributed by atoms with E-state index >= 15 is 0 Å². The van der Waals surface area contributed by atoms with Crippen LogP contribution in [-0.2, 0) is 4.79 Å². The van der Waals surface area contributed by atoms with E-state index in [1.807, 2.05) is 37.3 Å². The first-order chi connectivity index (χ1) is 7.24. The van der Waals surface area contributed by atoms with Gasteiger partial charge < -0.3 is 5.32 Å². The minimum Gasteiger partial charge on any atom is -0.355 e. The molecule has 15 heavy (non-hydrogen) atoms. The van der Waals surface area contributed by atoms with E-state index in [1.54, 1.807) is 0 Å². The van der Waals surface area contributed by atoms with Gasteiger partial charge in [0.25, 0.3) is 0 Å². The van der Waals surface area contributed by atoms with Crippen molar-refractivity contribution in [1.82, 2.24) is 16.2 Å². The molecule has 80 valence electrons. The average molecular weight is 223 g/mol. The summed E-state index contributed by atoms with van der Waals surface area (Å²) in [6.45, 7) is 1.99. The Morgan fingerprint density at radius 1 is 1.40 bits per heavy atom. The number of thiocarbonyl (C=S) groups is 1. The van der Waals surface area contributed by atoms with E-state index in [1.165, 1.54) is 0 Å². The molecular weight excluding hydrogens is 210 g/mol. The third-order valence-corrected chi connectivity index (χ3v) is 2.11. The first-order valence-corrected chi connectivity index (χ1v) is 4.95. The smallest absolute Gasteiger partial charge is 0.225 e. The molecule has 0 saturated heterocycles. The Labute approximate surface area is 94.0 Å². The lowest BCUT2D eigenvalue weighted by Crippen LogP contribution is -2.44. The van der Waals surface area contributed by atoms with Crippen molar-refractivity contribution in [2.24, 2.45) is 0 Å². The number of nitrogens with one attached hydrogen (secondary N) is 3. The highest BCUT2D eigenvalue weighted by Gasteiger charge is 2.04. The van der Waals surface area contributed by atoms with Crippen molar-refractivity contribution in [2.75, 3.05) is 0 Å². The van der Waals surface area contributed by atoms with Gasteiger partial charge in [-0.05, 0) is 24.7 Å². The lowest BCUT2D eigenvalue weighted by Gasteiger charge is -2.16. The van der Waals surface area contributed by atoms with Crippen LogP contribution in [0, 0.1) is 0 Å². The van der Waals surface area contributed by atoms with Gasteiger partial charge in [0.2, 0.25) is 6.41 Å². The van der Waals surface area contributed by atoms with Crippen LogP contribution < -0.4 is 16.2 Å². The summed E-state index contributed by atoms with van der Waals surface area (Å²) in [5.74, 6) is 0. The number of hydrogen-bond donors (Lipinski definition) is 3. The minimum atomic E-state index is 0.0969. The van der Waals surface area contributed by atoms with E-state index in [4.69, 9.17) is 12.2 Å². The van der Waals surface area contributed by atoms with Gasteiger partial charge in [0.1, 0.15) is 0 Å². The van der Waals surface area contributed by atoms with Gasteiger partial charge >= 0.3 is 0 Å². The van der Waals surface area contributed by atoms with E-state index in [9.17, 15) is 4.79 Å². The Morgan fingerprint density at radius 3 is 2.67 bits per heavy atom. The fourth-order valence-corrected chi connectivity index (χ4v) is 1.39. The van der Waals surface area contributed by atoms with Crippen LogP contribution in [0.3, 0.4) is 0 Å². The third-order valence-electron chi connectivity index (χ3n) is 1.89. The first-order valence-electron chi connectivity index (χ1n) is 4.54. The summed E-state index contributed by atoms with van der Waals surface area (Å²) in [5.41, 5.74) is 5.94. The summed E-state index contributed by atoms with van der Waals surface area (Å²) in [4.78, 5) is 10.0. The maximum Gasteiger partial charge on any atom is 0.225 e. The molecule has 1 aromatic rings. The van der Waals surface area contributed by atoms with Crippen LogP contribution in [0.15, 0.2) is 30.3 Å². The van der Waals surface area contributed by atoms with Gasteiger partial charge in [-0.1, -0.05) is 30.3 Å². The van der Waals surface area contributed by atoms with E-state index in [2.05, 4.69) is 16.2 Å². The highest BCUT2D eigenvalue weighted by molar-refractivity contribution is 7.80. The summed E-state index contributed by atoms with van der Waals surface area (Å²) < 4.78 is 0. The van der Waals surface area contributed by atoms with Gasteiger partial charge in [-0.15, -0.1) is 0 Å². The number of carbonyl (C=O) groups is 1. The molecule has 0 heterocycles. The van der Waals surface area contributed by atoms with Crippen LogP contribution in [0.2, 0.25) is 0 Å². The minimum absolute atomic E-state index is 0.0969. The van der Waals surface area contributed by atoms with Gasteiger partial charge in [-0.25, -0.2) is 0 Å².